The van der Waals surface area contributed by atoms with Gasteiger partial charge in [-0.2, -0.15) is 5.10 Å². The molecule has 0 aliphatic rings. The van der Waals surface area contributed by atoms with Crippen LogP contribution in [-0.4, -0.2) is 26.8 Å². The molecule has 0 saturated carbocycles. The van der Waals surface area contributed by atoms with E-state index in [1.165, 1.54) is 17.1 Å². The van der Waals surface area contributed by atoms with Gasteiger partial charge in [-0.3, -0.25) is 9.48 Å². The van der Waals surface area contributed by atoms with Crippen LogP contribution >= 0.6 is 0 Å². The second-order valence-electron chi connectivity index (χ2n) is 3.99. The number of amides is 1. The standard InChI is InChI=1S/C13H13N3O3/c17-12(14-6-10-4-2-1-3-5-10)9-16-8-11(7-15-16)13(18)19/h1-5,7-8H,6,9H2,(H,14,17)(H,18,19). The minimum Gasteiger partial charge on any atom is -0.478 e. The van der Waals surface area contributed by atoms with Gasteiger partial charge in [-0.05, 0) is 5.56 Å². The molecule has 0 saturated heterocycles. The zero-order chi connectivity index (χ0) is 13.7. The Bertz CT molecular complexity index is 578. The van der Waals surface area contributed by atoms with Crippen LogP contribution in [0.2, 0.25) is 0 Å². The Morgan fingerprint density at radius 2 is 2.00 bits per heavy atom. The first-order chi connectivity index (χ1) is 9.15. The van der Waals surface area contributed by atoms with E-state index >= 15 is 0 Å². The van der Waals surface area contributed by atoms with Gasteiger partial charge in [-0.1, -0.05) is 30.3 Å². The summed E-state index contributed by atoms with van der Waals surface area (Å²) in [5.41, 5.74) is 1.07. The SMILES string of the molecule is O=C(Cn1cc(C(=O)O)cn1)NCc1ccccc1. The Morgan fingerprint density at radius 3 is 2.63 bits per heavy atom. The van der Waals surface area contributed by atoms with Crippen LogP contribution in [0.1, 0.15) is 15.9 Å². The highest BCUT2D eigenvalue weighted by Crippen LogP contribution is 1.99. The number of hydrogen-bond donors (Lipinski definition) is 2. The number of hydrogen-bond acceptors (Lipinski definition) is 3. The maximum absolute atomic E-state index is 11.6. The maximum Gasteiger partial charge on any atom is 0.338 e. The lowest BCUT2D eigenvalue weighted by Crippen LogP contribution is -2.27. The van der Waals surface area contributed by atoms with E-state index in [0.717, 1.165) is 5.56 Å². The molecular formula is C13H13N3O3. The number of carboxylic acid groups (broad SMARTS) is 1. The van der Waals surface area contributed by atoms with E-state index in [9.17, 15) is 9.59 Å². The van der Waals surface area contributed by atoms with E-state index in [2.05, 4.69) is 10.4 Å². The molecule has 0 bridgehead atoms. The Morgan fingerprint density at radius 1 is 1.26 bits per heavy atom. The van der Waals surface area contributed by atoms with Gasteiger partial charge in [0.1, 0.15) is 6.54 Å². The van der Waals surface area contributed by atoms with Crippen LogP contribution in [0.5, 0.6) is 0 Å². The van der Waals surface area contributed by atoms with Gasteiger partial charge < -0.3 is 10.4 Å². The maximum atomic E-state index is 11.6. The Balaban J connectivity index is 1.85. The smallest absolute Gasteiger partial charge is 0.338 e. The fourth-order valence-electron chi connectivity index (χ4n) is 1.56. The first kappa shape index (κ1) is 12.8. The summed E-state index contributed by atoms with van der Waals surface area (Å²) in [6.45, 7) is 0.437. The minimum atomic E-state index is -1.06. The van der Waals surface area contributed by atoms with Crippen LogP contribution in [0, 0.1) is 0 Å². The molecule has 0 aliphatic heterocycles. The van der Waals surface area contributed by atoms with Crippen molar-refractivity contribution < 1.29 is 14.7 Å². The molecule has 6 heteroatoms. The molecule has 6 nitrogen and oxygen atoms in total. The monoisotopic (exact) mass is 259 g/mol. The summed E-state index contributed by atoms with van der Waals surface area (Å²) in [5, 5.41) is 15.3. The summed E-state index contributed by atoms with van der Waals surface area (Å²) in [6, 6.07) is 9.53. The van der Waals surface area contributed by atoms with Crippen molar-refractivity contribution in [1.82, 2.24) is 15.1 Å². The summed E-state index contributed by atoms with van der Waals surface area (Å²) in [4.78, 5) is 22.3. The normalized spacial score (nSPS) is 10.1. The number of nitrogens with zero attached hydrogens (tertiary/aromatic N) is 2. The predicted molar refractivity (Wildman–Crippen MR) is 67.5 cm³/mol. The molecule has 0 atom stereocenters. The van der Waals surface area contributed by atoms with Crippen molar-refractivity contribution in [3.05, 3.63) is 53.9 Å². The van der Waals surface area contributed by atoms with Crippen LogP contribution in [0.25, 0.3) is 0 Å². The molecule has 1 aromatic heterocycles. The molecule has 0 radical (unpaired) electrons. The number of benzene rings is 1. The molecule has 1 aromatic carbocycles. The van der Waals surface area contributed by atoms with Crippen molar-refractivity contribution in [2.45, 2.75) is 13.1 Å². The van der Waals surface area contributed by atoms with Gasteiger partial charge in [0.15, 0.2) is 0 Å². The average Bonchev–Trinajstić information content (AvgIpc) is 2.86. The van der Waals surface area contributed by atoms with Gasteiger partial charge in [0, 0.05) is 12.7 Å². The van der Waals surface area contributed by atoms with Crippen molar-refractivity contribution in [3.63, 3.8) is 0 Å². The number of carbonyl (C=O) groups is 2. The van der Waals surface area contributed by atoms with E-state index in [4.69, 9.17) is 5.11 Å². The van der Waals surface area contributed by atoms with Crippen molar-refractivity contribution in [3.8, 4) is 0 Å². The van der Waals surface area contributed by atoms with E-state index in [1.54, 1.807) is 0 Å². The van der Waals surface area contributed by atoms with Crippen LogP contribution in [0.3, 0.4) is 0 Å². The second-order valence-corrected chi connectivity index (χ2v) is 3.99. The number of carbonyl (C=O) groups excluding carboxylic acids is 1. The third-order valence-corrected chi connectivity index (χ3v) is 2.52. The van der Waals surface area contributed by atoms with Crippen LogP contribution < -0.4 is 5.32 Å². The molecule has 2 aromatic rings. The summed E-state index contributed by atoms with van der Waals surface area (Å²) in [7, 11) is 0. The lowest BCUT2D eigenvalue weighted by Gasteiger charge is -2.05. The van der Waals surface area contributed by atoms with E-state index in [-0.39, 0.29) is 18.0 Å². The van der Waals surface area contributed by atoms with Gasteiger partial charge in [0.2, 0.25) is 5.91 Å². The van der Waals surface area contributed by atoms with Crippen LogP contribution in [0.15, 0.2) is 42.7 Å². The predicted octanol–water partition coefficient (Wildman–Crippen LogP) is 0.898. The van der Waals surface area contributed by atoms with E-state index in [1.807, 2.05) is 30.3 Å². The molecule has 98 valence electrons. The molecule has 0 unspecified atom stereocenters. The number of aromatic nitrogens is 2. The fourth-order valence-corrected chi connectivity index (χ4v) is 1.56. The van der Waals surface area contributed by atoms with Crippen molar-refractivity contribution in [2.24, 2.45) is 0 Å². The van der Waals surface area contributed by atoms with E-state index in [0.29, 0.717) is 6.54 Å². The van der Waals surface area contributed by atoms with Crippen molar-refractivity contribution in [2.75, 3.05) is 0 Å². The topological polar surface area (TPSA) is 84.2 Å². The van der Waals surface area contributed by atoms with Gasteiger partial charge in [0.05, 0.1) is 11.8 Å². The highest BCUT2D eigenvalue weighted by atomic mass is 16.4. The lowest BCUT2D eigenvalue weighted by atomic mass is 10.2. The summed E-state index contributed by atoms with van der Waals surface area (Å²) < 4.78 is 1.30. The van der Waals surface area contributed by atoms with E-state index < -0.39 is 5.97 Å². The summed E-state index contributed by atoms with van der Waals surface area (Å²) in [6.07, 6.45) is 2.54. The quantitative estimate of drug-likeness (QED) is 0.835. The van der Waals surface area contributed by atoms with Gasteiger partial charge in [0.25, 0.3) is 0 Å². The zero-order valence-corrected chi connectivity index (χ0v) is 10.1. The lowest BCUT2D eigenvalue weighted by molar-refractivity contribution is -0.122. The summed E-state index contributed by atoms with van der Waals surface area (Å²) >= 11 is 0. The Labute approximate surface area is 109 Å². The van der Waals surface area contributed by atoms with Crippen LogP contribution in [0.4, 0.5) is 0 Å². The number of carboxylic acids is 1. The minimum absolute atomic E-state index is 0.000113. The van der Waals surface area contributed by atoms with Gasteiger partial charge in [-0.15, -0.1) is 0 Å². The third-order valence-electron chi connectivity index (χ3n) is 2.52. The average molecular weight is 259 g/mol. The van der Waals surface area contributed by atoms with Crippen molar-refractivity contribution in [1.29, 1.82) is 0 Å². The molecule has 2 rings (SSSR count). The molecule has 0 spiro atoms. The van der Waals surface area contributed by atoms with Crippen molar-refractivity contribution >= 4 is 11.9 Å². The molecule has 19 heavy (non-hydrogen) atoms. The molecule has 1 heterocycles. The second kappa shape index (κ2) is 5.81. The molecule has 0 aliphatic carbocycles. The Kier molecular flexibility index (Phi) is 3.92. The highest BCUT2D eigenvalue weighted by molar-refractivity contribution is 5.87. The zero-order valence-electron chi connectivity index (χ0n) is 10.1. The number of nitrogens with one attached hydrogen (secondary N) is 1. The van der Waals surface area contributed by atoms with Gasteiger partial charge >= 0.3 is 5.97 Å². The third kappa shape index (κ3) is 3.67. The first-order valence-corrected chi connectivity index (χ1v) is 5.71. The number of aromatic carboxylic acids is 1. The Hall–Kier alpha value is -2.63. The highest BCUT2D eigenvalue weighted by Gasteiger charge is 2.08. The molecular weight excluding hydrogens is 246 g/mol. The molecule has 0 fully saturated rings. The fraction of sp³-hybridized carbons (Fsp3) is 0.154. The molecule has 2 N–H and O–H groups in total. The van der Waals surface area contributed by atoms with Crippen LogP contribution in [-0.2, 0) is 17.9 Å². The van der Waals surface area contributed by atoms with Gasteiger partial charge in [-0.25, -0.2) is 4.79 Å². The summed E-state index contributed by atoms with van der Waals surface area (Å²) in [5.74, 6) is -1.28. The number of rotatable bonds is 5. The molecule has 1 amide bonds. The largest absolute Gasteiger partial charge is 0.478 e. The first-order valence-electron chi connectivity index (χ1n) is 5.71.